The molecule has 0 spiro atoms. The molecule has 0 radical (unpaired) electrons. The smallest absolute Gasteiger partial charge is 0.159 e. The summed E-state index contributed by atoms with van der Waals surface area (Å²) in [5.74, 6) is -1.49. The molecule has 0 aromatic carbocycles. The molecule has 3 heteroatoms. The Morgan fingerprint density at radius 1 is 1.18 bits per heavy atom. The van der Waals surface area contributed by atoms with Gasteiger partial charge in [-0.05, 0) is 6.92 Å². The minimum Gasteiger partial charge on any atom is -0.366 e. The predicted octanol–water partition coefficient (Wildman–Crippen LogP) is 0.174. The van der Waals surface area contributed by atoms with E-state index in [2.05, 4.69) is 21.1 Å². The summed E-state index contributed by atoms with van der Waals surface area (Å²) in [4.78, 5) is 0. The second-order valence-electron chi connectivity index (χ2n) is 4.33. The molecule has 0 aliphatic rings. The van der Waals surface area contributed by atoms with Crippen molar-refractivity contribution in [3.8, 4) is 0 Å². The lowest BCUT2D eigenvalue weighted by molar-refractivity contribution is -0.870. The first-order valence-corrected chi connectivity index (χ1v) is 3.96. The molecule has 0 aromatic heterocycles. The van der Waals surface area contributed by atoms with Crippen molar-refractivity contribution in [3.63, 3.8) is 0 Å². The van der Waals surface area contributed by atoms with E-state index in [4.69, 9.17) is 10.2 Å². The monoisotopic (exact) mass is 162 g/mol. The van der Waals surface area contributed by atoms with Crippen LogP contribution in [0.25, 0.3) is 0 Å². The van der Waals surface area contributed by atoms with Crippen molar-refractivity contribution < 1.29 is 14.7 Å². The third-order valence-corrected chi connectivity index (χ3v) is 1.48. The molecule has 0 atom stereocenters. The van der Waals surface area contributed by atoms with Crippen molar-refractivity contribution in [2.75, 3.05) is 27.7 Å². The van der Waals surface area contributed by atoms with E-state index in [-0.39, 0.29) is 0 Å². The topological polar surface area (TPSA) is 40.5 Å². The molecule has 0 aliphatic carbocycles. The number of rotatable bonds is 4. The van der Waals surface area contributed by atoms with E-state index < -0.39 is 5.79 Å². The minimum absolute atomic E-state index is 0.447. The summed E-state index contributed by atoms with van der Waals surface area (Å²) in [5.41, 5.74) is 0. The Balaban J connectivity index is 3.44. The maximum Gasteiger partial charge on any atom is 0.159 e. The Labute approximate surface area is 68.9 Å². The van der Waals surface area contributed by atoms with Gasteiger partial charge in [-0.2, -0.15) is 0 Å². The first-order valence-electron chi connectivity index (χ1n) is 3.96. The highest BCUT2D eigenvalue weighted by Crippen LogP contribution is 2.08. The molecule has 0 bridgehead atoms. The molecule has 0 saturated carbocycles. The van der Waals surface area contributed by atoms with Crippen LogP contribution < -0.4 is 0 Å². The largest absolute Gasteiger partial charge is 0.366 e. The van der Waals surface area contributed by atoms with Gasteiger partial charge in [0.25, 0.3) is 0 Å². The van der Waals surface area contributed by atoms with Gasteiger partial charge in [-0.25, -0.2) is 0 Å². The number of hydrogen-bond acceptors (Lipinski definition) is 2. The Morgan fingerprint density at radius 3 is 1.91 bits per heavy atom. The lowest BCUT2D eigenvalue weighted by Crippen LogP contribution is -2.36. The van der Waals surface area contributed by atoms with Crippen LogP contribution in [-0.4, -0.2) is 48.2 Å². The van der Waals surface area contributed by atoms with Crippen LogP contribution >= 0.6 is 0 Å². The molecule has 0 heterocycles. The van der Waals surface area contributed by atoms with Crippen molar-refractivity contribution in [1.82, 2.24) is 0 Å². The number of hydrogen-bond donors (Lipinski definition) is 2. The van der Waals surface area contributed by atoms with Crippen LogP contribution in [0.5, 0.6) is 0 Å². The van der Waals surface area contributed by atoms with Crippen molar-refractivity contribution in [1.29, 1.82) is 0 Å². The lowest BCUT2D eigenvalue weighted by Gasteiger charge is -2.25. The van der Waals surface area contributed by atoms with Gasteiger partial charge >= 0.3 is 0 Å². The number of aliphatic hydroxyl groups is 2. The predicted molar refractivity (Wildman–Crippen MR) is 45.0 cm³/mol. The Morgan fingerprint density at radius 2 is 1.64 bits per heavy atom. The second kappa shape index (κ2) is 3.52. The van der Waals surface area contributed by atoms with Gasteiger partial charge in [0, 0.05) is 12.8 Å². The van der Waals surface area contributed by atoms with Gasteiger partial charge in [0.2, 0.25) is 0 Å². The van der Waals surface area contributed by atoms with Crippen molar-refractivity contribution >= 4 is 0 Å². The molecule has 0 saturated heterocycles. The van der Waals surface area contributed by atoms with Gasteiger partial charge in [0.15, 0.2) is 5.79 Å². The highest BCUT2D eigenvalue weighted by atomic mass is 16.5. The molecule has 0 unspecified atom stereocenters. The highest BCUT2D eigenvalue weighted by Gasteiger charge is 2.16. The average molecular weight is 162 g/mol. The Kier molecular flexibility index (Phi) is 3.48. The normalized spacial score (nSPS) is 13.6. The summed E-state index contributed by atoms with van der Waals surface area (Å²) in [6.07, 6.45) is 1.29. The molecule has 0 rings (SSSR count). The van der Waals surface area contributed by atoms with Crippen molar-refractivity contribution in [2.24, 2.45) is 0 Å². The van der Waals surface area contributed by atoms with E-state index in [9.17, 15) is 0 Å². The lowest BCUT2D eigenvalue weighted by atomic mass is 10.1. The Bertz CT molecular complexity index is 96.2. The van der Waals surface area contributed by atoms with Crippen LogP contribution in [0.15, 0.2) is 0 Å². The average Bonchev–Trinajstić information content (AvgIpc) is 1.55. The summed E-state index contributed by atoms with van der Waals surface area (Å²) < 4.78 is 0.871. The molecule has 0 aromatic rings. The fourth-order valence-corrected chi connectivity index (χ4v) is 0.888. The molecule has 0 aliphatic heterocycles. The molecule has 0 fully saturated rings. The zero-order valence-electron chi connectivity index (χ0n) is 7.96. The Hall–Kier alpha value is -0.120. The van der Waals surface area contributed by atoms with Crippen LogP contribution in [0.2, 0.25) is 0 Å². The molecule has 2 N–H and O–H groups in total. The highest BCUT2D eigenvalue weighted by molar-refractivity contribution is 4.54. The molecule has 0 amide bonds. The molecular formula is C8H20NO2+. The van der Waals surface area contributed by atoms with Crippen LogP contribution in [0.3, 0.4) is 0 Å². The second-order valence-corrected chi connectivity index (χ2v) is 4.33. The quantitative estimate of drug-likeness (QED) is 0.457. The summed E-state index contributed by atoms with van der Waals surface area (Å²) in [7, 11) is 6.27. The number of quaternary nitrogens is 1. The van der Waals surface area contributed by atoms with E-state index in [0.29, 0.717) is 6.42 Å². The van der Waals surface area contributed by atoms with Crippen LogP contribution in [0.1, 0.15) is 19.8 Å². The fourth-order valence-electron chi connectivity index (χ4n) is 0.888. The van der Waals surface area contributed by atoms with Gasteiger partial charge in [0.1, 0.15) is 0 Å². The van der Waals surface area contributed by atoms with Crippen molar-refractivity contribution in [3.05, 3.63) is 0 Å². The standard InChI is InChI=1S/C8H20NO2/c1-8(10,11)6-5-7-9(2,3)4/h10-11H,5-7H2,1-4H3/q+1. The van der Waals surface area contributed by atoms with Gasteiger partial charge in [0.05, 0.1) is 27.7 Å². The van der Waals surface area contributed by atoms with Crippen molar-refractivity contribution in [2.45, 2.75) is 25.6 Å². The van der Waals surface area contributed by atoms with Gasteiger partial charge in [-0.3, -0.25) is 0 Å². The zero-order valence-corrected chi connectivity index (χ0v) is 7.96. The third-order valence-electron chi connectivity index (χ3n) is 1.48. The van der Waals surface area contributed by atoms with Gasteiger partial charge in [-0.15, -0.1) is 0 Å². The molecule has 68 valence electrons. The summed E-state index contributed by atoms with van der Waals surface area (Å²) in [6, 6.07) is 0. The fraction of sp³-hybridized carbons (Fsp3) is 1.00. The number of nitrogens with zero attached hydrogens (tertiary/aromatic N) is 1. The summed E-state index contributed by atoms with van der Waals surface area (Å²) in [5, 5.41) is 17.9. The maximum atomic E-state index is 8.96. The molecule has 3 nitrogen and oxygen atoms in total. The zero-order chi connectivity index (χ0) is 9.12. The molecule has 11 heavy (non-hydrogen) atoms. The molecular weight excluding hydrogens is 142 g/mol. The first-order chi connectivity index (χ1) is 4.71. The summed E-state index contributed by atoms with van der Waals surface area (Å²) >= 11 is 0. The third kappa shape index (κ3) is 9.88. The van der Waals surface area contributed by atoms with E-state index in [1.54, 1.807) is 0 Å². The van der Waals surface area contributed by atoms with Crippen LogP contribution in [0.4, 0.5) is 0 Å². The SMILES string of the molecule is CC(O)(O)CCC[N+](C)(C)C. The first kappa shape index (κ1) is 10.9. The van der Waals surface area contributed by atoms with E-state index in [1.165, 1.54) is 6.92 Å². The van der Waals surface area contributed by atoms with Gasteiger partial charge < -0.3 is 14.7 Å². The van der Waals surface area contributed by atoms with E-state index in [0.717, 1.165) is 17.4 Å². The van der Waals surface area contributed by atoms with Crippen LogP contribution in [0, 0.1) is 0 Å². The van der Waals surface area contributed by atoms with E-state index in [1.807, 2.05) is 0 Å². The maximum absolute atomic E-state index is 8.96. The van der Waals surface area contributed by atoms with Gasteiger partial charge in [-0.1, -0.05) is 0 Å². The summed E-state index contributed by atoms with van der Waals surface area (Å²) in [6.45, 7) is 2.39. The van der Waals surface area contributed by atoms with Crippen LogP contribution in [-0.2, 0) is 0 Å². The van der Waals surface area contributed by atoms with E-state index >= 15 is 0 Å². The minimum atomic E-state index is -1.49.